The number of hydrogen-bond donors (Lipinski definition) is 1. The van der Waals surface area contributed by atoms with Crippen molar-refractivity contribution in [1.29, 1.82) is 0 Å². The van der Waals surface area contributed by atoms with Crippen LogP contribution in [0.1, 0.15) is 35.2 Å². The van der Waals surface area contributed by atoms with Crippen molar-refractivity contribution in [2.75, 3.05) is 31.1 Å². The third-order valence-electron chi connectivity index (χ3n) is 5.95. The van der Waals surface area contributed by atoms with Gasteiger partial charge in [-0.05, 0) is 79.4 Å². The lowest BCUT2D eigenvalue weighted by atomic mass is 10.0. The largest absolute Gasteiger partial charge is 0.370 e. The highest BCUT2D eigenvalue weighted by molar-refractivity contribution is 6.25. The number of aromatic nitrogens is 2. The fourth-order valence-corrected chi connectivity index (χ4v) is 4.32. The molecule has 2 aliphatic rings. The summed E-state index contributed by atoms with van der Waals surface area (Å²) in [5, 5.41) is 8.11. The van der Waals surface area contributed by atoms with Crippen molar-refractivity contribution in [2.45, 2.75) is 26.2 Å². The van der Waals surface area contributed by atoms with Crippen molar-refractivity contribution in [3.05, 3.63) is 65.0 Å². The van der Waals surface area contributed by atoms with Crippen LogP contribution in [0, 0.1) is 6.92 Å². The minimum absolute atomic E-state index is 0.168. The second-order valence-corrected chi connectivity index (χ2v) is 8.06. The van der Waals surface area contributed by atoms with Gasteiger partial charge in [0.15, 0.2) is 5.78 Å². The molecule has 0 radical (unpaired) electrons. The first kappa shape index (κ1) is 18.1. The predicted molar refractivity (Wildman–Crippen MR) is 117 cm³/mol. The average Bonchev–Trinajstić information content (AvgIpc) is 2.88. The molecule has 3 aromatic rings. The molecule has 0 saturated carbocycles. The summed E-state index contributed by atoms with van der Waals surface area (Å²) in [6, 6.07) is 12.8. The first-order valence-electron chi connectivity index (χ1n) is 10.5. The van der Waals surface area contributed by atoms with Gasteiger partial charge in [0.25, 0.3) is 0 Å². The van der Waals surface area contributed by atoms with Gasteiger partial charge in [-0.1, -0.05) is 6.07 Å². The average molecular weight is 386 g/mol. The van der Waals surface area contributed by atoms with Gasteiger partial charge in [-0.15, -0.1) is 0 Å². The third-order valence-corrected chi connectivity index (χ3v) is 5.95. The van der Waals surface area contributed by atoms with E-state index in [1.54, 1.807) is 0 Å². The maximum Gasteiger partial charge on any atom is 0.165 e. The summed E-state index contributed by atoms with van der Waals surface area (Å²) in [6.07, 6.45) is 6.45. The minimum Gasteiger partial charge on any atom is -0.370 e. The van der Waals surface area contributed by atoms with Crippen LogP contribution in [0.15, 0.2) is 42.6 Å². The van der Waals surface area contributed by atoms with E-state index in [4.69, 9.17) is 0 Å². The molecule has 2 aromatic heterocycles. The Balaban J connectivity index is 1.51. The van der Waals surface area contributed by atoms with E-state index in [9.17, 15) is 4.79 Å². The van der Waals surface area contributed by atoms with E-state index in [-0.39, 0.29) is 5.78 Å². The molecule has 1 aromatic carbocycles. The second-order valence-electron chi connectivity index (χ2n) is 8.06. The van der Waals surface area contributed by atoms with E-state index in [0.717, 1.165) is 61.4 Å². The molecule has 1 aliphatic carbocycles. The number of benzene rings is 1. The molecule has 29 heavy (non-hydrogen) atoms. The highest BCUT2D eigenvalue weighted by Gasteiger charge is 2.21. The highest BCUT2D eigenvalue weighted by Crippen LogP contribution is 2.30. The third kappa shape index (κ3) is 3.58. The number of Topliss-reactive ketones (excluding diaryl/α,β-unsaturated/α-hetero) is 1. The summed E-state index contributed by atoms with van der Waals surface area (Å²) in [6.45, 7) is 6.27. The van der Waals surface area contributed by atoms with Gasteiger partial charge in [0.1, 0.15) is 0 Å². The van der Waals surface area contributed by atoms with Crippen LogP contribution >= 0.6 is 0 Å². The standard InChI is InChI=1S/C24H26N4O/c1-17-7-11-28-21(13-17)16-23(26-28)22-15-19-3-5-20(14-18(19)4-6-24(22)29)27-10-2-8-25-9-12-27/h3,5,7,11,13-16,25H,2,4,6,8-10,12H2,1H3. The van der Waals surface area contributed by atoms with E-state index in [1.807, 2.05) is 28.9 Å². The molecule has 5 rings (SSSR count). The predicted octanol–water partition coefficient (Wildman–Crippen LogP) is 3.50. The van der Waals surface area contributed by atoms with Gasteiger partial charge in [-0.3, -0.25) is 4.79 Å². The fraction of sp³-hybridized carbons (Fsp3) is 0.333. The number of hydrogen-bond acceptors (Lipinski definition) is 4. The molecule has 0 spiro atoms. The number of nitrogens with zero attached hydrogens (tertiary/aromatic N) is 3. The lowest BCUT2D eigenvalue weighted by molar-refractivity contribution is -0.113. The summed E-state index contributed by atoms with van der Waals surface area (Å²) in [4.78, 5) is 15.4. The molecule has 0 atom stereocenters. The Hall–Kier alpha value is -2.92. The molecule has 1 aliphatic heterocycles. The van der Waals surface area contributed by atoms with Crippen molar-refractivity contribution in [3.8, 4) is 0 Å². The number of carbonyl (C=O) groups is 1. The number of carbonyl (C=O) groups excluding carboxylic acids is 1. The van der Waals surface area contributed by atoms with Crippen molar-refractivity contribution >= 4 is 28.6 Å². The molecule has 1 N–H and O–H groups in total. The van der Waals surface area contributed by atoms with Gasteiger partial charge in [0, 0.05) is 43.5 Å². The number of allylic oxidation sites excluding steroid dienone is 1. The van der Waals surface area contributed by atoms with Crippen LogP contribution in [0.3, 0.4) is 0 Å². The molecular weight excluding hydrogens is 360 g/mol. The Labute approximate surface area is 171 Å². The number of fused-ring (bicyclic) bond motifs is 2. The van der Waals surface area contributed by atoms with E-state index < -0.39 is 0 Å². The lowest BCUT2D eigenvalue weighted by Gasteiger charge is -2.23. The van der Waals surface area contributed by atoms with Gasteiger partial charge in [0.2, 0.25) is 0 Å². The number of nitrogens with one attached hydrogen (secondary N) is 1. The maximum absolute atomic E-state index is 12.9. The first-order valence-corrected chi connectivity index (χ1v) is 10.5. The molecule has 1 saturated heterocycles. The molecule has 148 valence electrons. The summed E-state index contributed by atoms with van der Waals surface area (Å²) < 4.78 is 1.85. The van der Waals surface area contributed by atoms with Crippen molar-refractivity contribution in [1.82, 2.24) is 14.9 Å². The zero-order chi connectivity index (χ0) is 19.8. The van der Waals surface area contributed by atoms with Crippen LogP contribution in [-0.4, -0.2) is 41.6 Å². The highest BCUT2D eigenvalue weighted by atomic mass is 16.1. The Morgan fingerprint density at radius 3 is 2.90 bits per heavy atom. The van der Waals surface area contributed by atoms with Crippen LogP contribution in [-0.2, 0) is 11.2 Å². The van der Waals surface area contributed by atoms with Crippen LogP contribution < -0.4 is 10.2 Å². The monoisotopic (exact) mass is 386 g/mol. The Bertz CT molecular complexity index is 1100. The molecule has 1 fully saturated rings. The molecular formula is C24H26N4O. The lowest BCUT2D eigenvalue weighted by Crippen LogP contribution is -2.27. The number of rotatable bonds is 2. The topological polar surface area (TPSA) is 49.6 Å². The van der Waals surface area contributed by atoms with E-state index in [1.165, 1.54) is 16.8 Å². The van der Waals surface area contributed by atoms with Crippen LogP contribution in [0.5, 0.6) is 0 Å². The molecule has 0 bridgehead atoms. The van der Waals surface area contributed by atoms with E-state index in [0.29, 0.717) is 6.42 Å². The number of ketones is 1. The Morgan fingerprint density at radius 1 is 1.03 bits per heavy atom. The van der Waals surface area contributed by atoms with Gasteiger partial charge < -0.3 is 10.2 Å². The normalized spacial score (nSPS) is 17.6. The summed E-state index contributed by atoms with van der Waals surface area (Å²) in [7, 11) is 0. The molecule has 3 heterocycles. The summed E-state index contributed by atoms with van der Waals surface area (Å²) in [5.41, 5.74) is 7.33. The van der Waals surface area contributed by atoms with Crippen molar-refractivity contribution < 1.29 is 4.79 Å². The van der Waals surface area contributed by atoms with Crippen molar-refractivity contribution in [3.63, 3.8) is 0 Å². The quantitative estimate of drug-likeness (QED) is 0.732. The van der Waals surface area contributed by atoms with Crippen molar-refractivity contribution in [2.24, 2.45) is 0 Å². The zero-order valence-electron chi connectivity index (χ0n) is 16.8. The SMILES string of the molecule is Cc1ccn2nc(C3=Cc4ccc(N5CCCNCC5)cc4CCC3=O)cc2c1. The van der Waals surface area contributed by atoms with Crippen LogP contribution in [0.2, 0.25) is 0 Å². The molecule has 0 unspecified atom stereocenters. The minimum atomic E-state index is 0.168. The van der Waals surface area contributed by atoms with E-state index in [2.05, 4.69) is 46.5 Å². The zero-order valence-corrected chi connectivity index (χ0v) is 16.8. The van der Waals surface area contributed by atoms with Gasteiger partial charge in [-0.25, -0.2) is 4.52 Å². The van der Waals surface area contributed by atoms with Crippen LogP contribution in [0.25, 0.3) is 17.2 Å². The maximum atomic E-state index is 12.9. The smallest absolute Gasteiger partial charge is 0.165 e. The van der Waals surface area contributed by atoms with E-state index >= 15 is 0 Å². The number of aryl methyl sites for hydroxylation is 2. The van der Waals surface area contributed by atoms with Gasteiger partial charge >= 0.3 is 0 Å². The Kier molecular flexibility index (Phi) is 4.68. The number of anilines is 1. The van der Waals surface area contributed by atoms with Gasteiger partial charge in [0.05, 0.1) is 11.2 Å². The molecule has 0 amide bonds. The molecule has 5 heteroatoms. The summed E-state index contributed by atoms with van der Waals surface area (Å²) in [5.74, 6) is 0.168. The van der Waals surface area contributed by atoms with Crippen LogP contribution in [0.4, 0.5) is 5.69 Å². The summed E-state index contributed by atoms with van der Waals surface area (Å²) >= 11 is 0. The van der Waals surface area contributed by atoms with Gasteiger partial charge in [-0.2, -0.15) is 5.10 Å². The molecule has 5 nitrogen and oxygen atoms in total. The fourth-order valence-electron chi connectivity index (χ4n) is 4.32. The number of pyridine rings is 1. The second kappa shape index (κ2) is 7.48. The first-order chi connectivity index (χ1) is 14.2. The Morgan fingerprint density at radius 2 is 1.97 bits per heavy atom.